The van der Waals surface area contributed by atoms with E-state index in [-0.39, 0.29) is 10.7 Å². The molecule has 0 N–H and O–H groups in total. The van der Waals surface area contributed by atoms with Crippen LogP contribution in [0.1, 0.15) is 18.9 Å². The molecule has 0 aliphatic carbocycles. The minimum Gasteiger partial charge on any atom is -0.381 e. The normalized spacial score (nSPS) is 12.7. The Bertz CT molecular complexity index is 669. The Kier molecular flexibility index (Phi) is 5.79. The molecule has 0 unspecified atom stereocenters. The number of rotatable bonds is 5. The zero-order chi connectivity index (χ0) is 16.9. The van der Waals surface area contributed by atoms with E-state index in [2.05, 4.69) is 9.98 Å². The number of imidazole rings is 1. The largest absolute Gasteiger partial charge is 0.418 e. The minimum atomic E-state index is -4.54. The molecule has 2 rings (SSSR count). The molecule has 0 aliphatic rings. The van der Waals surface area contributed by atoms with Crippen molar-refractivity contribution in [3.05, 3.63) is 47.5 Å². The highest BCUT2D eigenvalue weighted by atomic mass is 35.5. The van der Waals surface area contributed by atoms with Gasteiger partial charge in [-0.2, -0.15) is 13.2 Å². The number of halogens is 4. The number of benzene rings is 1. The van der Waals surface area contributed by atoms with Gasteiger partial charge in [0.25, 0.3) is 0 Å². The molecule has 0 amide bonds. The van der Waals surface area contributed by atoms with Crippen molar-refractivity contribution < 1.29 is 17.9 Å². The van der Waals surface area contributed by atoms with Crippen molar-refractivity contribution in [1.82, 2.24) is 9.55 Å². The van der Waals surface area contributed by atoms with Crippen LogP contribution in [0.5, 0.6) is 0 Å². The molecule has 0 atom stereocenters. The van der Waals surface area contributed by atoms with Crippen LogP contribution in [0.2, 0.25) is 5.02 Å². The molecule has 0 spiro atoms. The predicted octanol–water partition coefficient (Wildman–Crippen LogP) is 4.56. The number of hydrogen-bond donors (Lipinski definition) is 0. The molecule has 0 saturated carbocycles. The summed E-state index contributed by atoms with van der Waals surface area (Å²) >= 11 is 5.68. The first-order chi connectivity index (χ1) is 10.9. The van der Waals surface area contributed by atoms with Crippen molar-refractivity contribution in [3.63, 3.8) is 0 Å². The summed E-state index contributed by atoms with van der Waals surface area (Å²) in [6, 6.07) is 3.50. The average Bonchev–Trinajstić information content (AvgIpc) is 3.01. The second-order valence-electron chi connectivity index (χ2n) is 4.60. The van der Waals surface area contributed by atoms with E-state index in [4.69, 9.17) is 16.3 Å². The third-order valence-corrected chi connectivity index (χ3v) is 3.23. The molecule has 8 heteroatoms. The van der Waals surface area contributed by atoms with Gasteiger partial charge in [0.1, 0.15) is 12.2 Å². The Morgan fingerprint density at radius 2 is 2.17 bits per heavy atom. The van der Waals surface area contributed by atoms with E-state index >= 15 is 0 Å². The van der Waals surface area contributed by atoms with E-state index in [0.29, 0.717) is 25.5 Å². The zero-order valence-electron chi connectivity index (χ0n) is 12.3. The van der Waals surface area contributed by atoms with E-state index in [1.165, 1.54) is 24.7 Å². The molecule has 2 aromatic rings. The summed E-state index contributed by atoms with van der Waals surface area (Å²) in [7, 11) is 0. The number of alkyl halides is 3. The predicted molar refractivity (Wildman–Crippen MR) is 82.3 cm³/mol. The molecular weight excluding hydrogens is 331 g/mol. The van der Waals surface area contributed by atoms with Gasteiger partial charge in [0, 0.05) is 30.4 Å². The number of hydrogen-bond acceptors (Lipinski definition) is 3. The summed E-state index contributed by atoms with van der Waals surface area (Å²) in [5, 5.41) is 0.00905. The van der Waals surface area contributed by atoms with Gasteiger partial charge in [-0.15, -0.1) is 0 Å². The summed E-state index contributed by atoms with van der Waals surface area (Å²) < 4.78 is 46.3. The van der Waals surface area contributed by atoms with E-state index in [1.54, 1.807) is 10.8 Å². The smallest absolute Gasteiger partial charge is 0.381 e. The number of nitrogens with zero attached hydrogens (tertiary/aromatic N) is 3. The zero-order valence-corrected chi connectivity index (χ0v) is 13.1. The fourth-order valence-electron chi connectivity index (χ4n) is 1.93. The highest BCUT2D eigenvalue weighted by Crippen LogP contribution is 2.38. The topological polar surface area (TPSA) is 39.4 Å². The summed E-state index contributed by atoms with van der Waals surface area (Å²) in [6.45, 7) is 2.71. The van der Waals surface area contributed by atoms with Crippen LogP contribution in [0, 0.1) is 0 Å². The van der Waals surface area contributed by atoms with Gasteiger partial charge in [0.2, 0.25) is 0 Å². The first-order valence-electron chi connectivity index (χ1n) is 6.92. The SMILES string of the molecule is CCOCC/C(=N\c1ccc(Cl)cc1C(F)(F)F)n1ccnc1. The Morgan fingerprint density at radius 1 is 1.39 bits per heavy atom. The first kappa shape index (κ1) is 17.5. The van der Waals surface area contributed by atoms with Crippen molar-refractivity contribution in [3.8, 4) is 0 Å². The van der Waals surface area contributed by atoms with Crippen molar-refractivity contribution in [2.75, 3.05) is 13.2 Å². The highest BCUT2D eigenvalue weighted by Gasteiger charge is 2.34. The van der Waals surface area contributed by atoms with Gasteiger partial charge < -0.3 is 4.74 Å². The molecule has 0 fully saturated rings. The van der Waals surface area contributed by atoms with Gasteiger partial charge in [-0.1, -0.05) is 11.6 Å². The van der Waals surface area contributed by atoms with Crippen molar-refractivity contribution in [2.24, 2.45) is 4.99 Å². The maximum absolute atomic E-state index is 13.2. The van der Waals surface area contributed by atoms with Crippen LogP contribution in [0.15, 0.2) is 41.9 Å². The Balaban J connectivity index is 2.42. The molecule has 1 aromatic carbocycles. The number of ether oxygens (including phenoxy) is 1. The van der Waals surface area contributed by atoms with Crippen LogP contribution < -0.4 is 0 Å². The molecule has 1 heterocycles. The fraction of sp³-hybridized carbons (Fsp3) is 0.333. The summed E-state index contributed by atoms with van der Waals surface area (Å²) in [5.74, 6) is 0.406. The van der Waals surface area contributed by atoms with Crippen LogP contribution in [0.25, 0.3) is 0 Å². The second kappa shape index (κ2) is 7.61. The molecule has 1 aromatic heterocycles. The summed E-state index contributed by atoms with van der Waals surface area (Å²) in [4.78, 5) is 8.06. The third-order valence-electron chi connectivity index (χ3n) is 2.99. The van der Waals surface area contributed by atoms with Gasteiger partial charge >= 0.3 is 6.18 Å². The quantitative estimate of drug-likeness (QED) is 0.452. The monoisotopic (exact) mass is 345 g/mol. The van der Waals surface area contributed by atoms with E-state index in [9.17, 15) is 13.2 Å². The Morgan fingerprint density at radius 3 is 2.78 bits per heavy atom. The lowest BCUT2D eigenvalue weighted by Gasteiger charge is -2.13. The average molecular weight is 346 g/mol. The molecule has 124 valence electrons. The van der Waals surface area contributed by atoms with Crippen LogP contribution in [-0.4, -0.2) is 28.6 Å². The highest BCUT2D eigenvalue weighted by molar-refractivity contribution is 6.30. The van der Waals surface area contributed by atoms with Crippen molar-refractivity contribution in [1.29, 1.82) is 0 Å². The van der Waals surface area contributed by atoms with Crippen LogP contribution >= 0.6 is 11.6 Å². The lowest BCUT2D eigenvalue weighted by atomic mass is 10.1. The first-order valence-corrected chi connectivity index (χ1v) is 7.30. The van der Waals surface area contributed by atoms with Crippen molar-refractivity contribution >= 4 is 23.1 Å². The summed E-state index contributed by atoms with van der Waals surface area (Å²) in [5.41, 5.74) is -1.07. The molecule has 0 aliphatic heterocycles. The molecule has 4 nitrogen and oxygen atoms in total. The van der Waals surface area contributed by atoms with Gasteiger partial charge in [-0.05, 0) is 25.1 Å². The molecule has 0 saturated heterocycles. The maximum atomic E-state index is 13.2. The maximum Gasteiger partial charge on any atom is 0.418 e. The second-order valence-corrected chi connectivity index (χ2v) is 5.04. The number of aromatic nitrogens is 2. The molecule has 0 radical (unpaired) electrons. The van der Waals surface area contributed by atoms with Gasteiger partial charge in [-0.25, -0.2) is 9.98 Å². The van der Waals surface area contributed by atoms with E-state index < -0.39 is 11.7 Å². The lowest BCUT2D eigenvalue weighted by Crippen LogP contribution is -2.14. The molecule has 0 bridgehead atoms. The van der Waals surface area contributed by atoms with Gasteiger partial charge in [0.05, 0.1) is 17.9 Å². The van der Waals surface area contributed by atoms with E-state index in [1.807, 2.05) is 6.92 Å². The van der Waals surface area contributed by atoms with Gasteiger partial charge in [0.15, 0.2) is 0 Å². The molecular formula is C15H15ClF3N3O. The minimum absolute atomic E-state index is 0.00905. The Hall–Kier alpha value is -1.86. The molecule has 23 heavy (non-hydrogen) atoms. The number of aliphatic imine (C=N–C) groups is 1. The van der Waals surface area contributed by atoms with Gasteiger partial charge in [-0.3, -0.25) is 4.57 Å². The summed E-state index contributed by atoms with van der Waals surface area (Å²) in [6.07, 6.45) is 0.443. The van der Waals surface area contributed by atoms with Crippen LogP contribution in [0.4, 0.5) is 18.9 Å². The Labute approximate surface area is 136 Å². The fourth-order valence-corrected chi connectivity index (χ4v) is 2.11. The lowest BCUT2D eigenvalue weighted by molar-refractivity contribution is -0.137. The van der Waals surface area contributed by atoms with Crippen molar-refractivity contribution in [2.45, 2.75) is 19.5 Å². The van der Waals surface area contributed by atoms with Crippen LogP contribution in [0.3, 0.4) is 0 Å². The third kappa shape index (κ3) is 4.80. The standard InChI is InChI=1S/C15H15ClF3N3O/c1-2-23-8-5-14(22-7-6-20-10-22)21-13-4-3-11(16)9-12(13)15(17,18)19/h3-4,6-7,9-10H,2,5,8H2,1H3/b21-14+. The van der Waals surface area contributed by atoms with E-state index in [0.717, 1.165) is 6.07 Å². The van der Waals surface area contributed by atoms with Crippen LogP contribution in [-0.2, 0) is 10.9 Å².